The van der Waals surface area contributed by atoms with E-state index in [0.717, 1.165) is 26.0 Å². The van der Waals surface area contributed by atoms with Gasteiger partial charge in [0, 0.05) is 17.4 Å². The Hall–Kier alpha value is -2.00. The van der Waals surface area contributed by atoms with Crippen molar-refractivity contribution in [2.75, 3.05) is 29.8 Å². The Balaban J connectivity index is 1.58. The van der Waals surface area contributed by atoms with Gasteiger partial charge in [0.15, 0.2) is 0 Å². The molecular formula is C21H27N3. The second-order valence-corrected chi connectivity index (χ2v) is 7.06. The van der Waals surface area contributed by atoms with Gasteiger partial charge in [-0.2, -0.15) is 0 Å². The molecule has 0 N–H and O–H groups in total. The summed E-state index contributed by atoms with van der Waals surface area (Å²) < 4.78 is 0. The van der Waals surface area contributed by atoms with Crippen LogP contribution in [0.25, 0.3) is 0 Å². The van der Waals surface area contributed by atoms with Crippen molar-refractivity contribution in [1.82, 2.24) is 4.90 Å². The second kappa shape index (κ2) is 7.27. The standard InChI is InChI=1S/C21H27N3/c1-4-10-19(11-5-1)22-16-23(20-12-6-2-7-13-20)18-24(17-22)21-14-8-3-9-15-21/h1-2,4-7,10-13,21H,3,8-9,14-18H2. The molecule has 126 valence electrons. The molecule has 0 unspecified atom stereocenters. The molecule has 1 aliphatic carbocycles. The van der Waals surface area contributed by atoms with Crippen LogP contribution in [-0.2, 0) is 0 Å². The number of anilines is 2. The van der Waals surface area contributed by atoms with Crippen molar-refractivity contribution < 1.29 is 0 Å². The van der Waals surface area contributed by atoms with Gasteiger partial charge in [-0.15, -0.1) is 0 Å². The molecule has 0 bridgehead atoms. The molecule has 2 fully saturated rings. The van der Waals surface area contributed by atoms with Crippen LogP contribution in [0.4, 0.5) is 11.4 Å². The average Bonchev–Trinajstić information content (AvgIpc) is 2.70. The van der Waals surface area contributed by atoms with Crippen LogP contribution in [0.15, 0.2) is 60.7 Å². The largest absolute Gasteiger partial charge is 0.341 e. The van der Waals surface area contributed by atoms with Crippen molar-refractivity contribution in [1.29, 1.82) is 0 Å². The highest BCUT2D eigenvalue weighted by molar-refractivity contribution is 5.52. The van der Waals surface area contributed by atoms with Gasteiger partial charge in [0.2, 0.25) is 0 Å². The van der Waals surface area contributed by atoms with E-state index in [9.17, 15) is 0 Å². The van der Waals surface area contributed by atoms with Crippen molar-refractivity contribution in [2.45, 2.75) is 38.1 Å². The molecule has 2 aromatic carbocycles. The van der Waals surface area contributed by atoms with E-state index in [0.29, 0.717) is 0 Å². The third-order valence-electron chi connectivity index (χ3n) is 5.38. The Morgan fingerprint density at radius 3 is 1.58 bits per heavy atom. The van der Waals surface area contributed by atoms with Crippen molar-refractivity contribution in [3.63, 3.8) is 0 Å². The van der Waals surface area contributed by atoms with Crippen LogP contribution in [0.3, 0.4) is 0 Å². The Bertz CT molecular complexity index is 575. The fraction of sp³-hybridized carbons (Fsp3) is 0.429. The van der Waals surface area contributed by atoms with Crippen LogP contribution < -0.4 is 9.80 Å². The van der Waals surface area contributed by atoms with Crippen molar-refractivity contribution in [2.24, 2.45) is 0 Å². The first-order valence-electron chi connectivity index (χ1n) is 9.24. The van der Waals surface area contributed by atoms with E-state index in [1.807, 2.05) is 0 Å². The molecule has 2 aromatic rings. The van der Waals surface area contributed by atoms with Crippen LogP contribution in [0.2, 0.25) is 0 Å². The molecule has 24 heavy (non-hydrogen) atoms. The van der Waals surface area contributed by atoms with Crippen molar-refractivity contribution in [3.8, 4) is 0 Å². The third-order valence-corrected chi connectivity index (χ3v) is 5.38. The maximum absolute atomic E-state index is 2.68. The first-order valence-corrected chi connectivity index (χ1v) is 9.24. The fourth-order valence-electron chi connectivity index (χ4n) is 4.06. The highest BCUT2D eigenvalue weighted by Gasteiger charge is 2.29. The SMILES string of the molecule is c1ccc(N2CN(c3ccccc3)CN(C3CCCCC3)C2)cc1. The Morgan fingerprint density at radius 1 is 0.583 bits per heavy atom. The summed E-state index contributed by atoms with van der Waals surface area (Å²) in [4.78, 5) is 7.69. The Kier molecular flexibility index (Phi) is 4.70. The first-order chi connectivity index (χ1) is 11.9. The van der Waals surface area contributed by atoms with Crippen LogP contribution in [0.5, 0.6) is 0 Å². The van der Waals surface area contributed by atoms with E-state index in [-0.39, 0.29) is 0 Å². The summed E-state index contributed by atoms with van der Waals surface area (Å²) in [6.07, 6.45) is 6.89. The normalized spacial score (nSPS) is 20.3. The Labute approximate surface area is 145 Å². The summed E-state index contributed by atoms with van der Waals surface area (Å²) in [5.41, 5.74) is 2.64. The second-order valence-electron chi connectivity index (χ2n) is 7.06. The summed E-state index contributed by atoms with van der Waals surface area (Å²) in [5, 5.41) is 0. The molecule has 2 aliphatic rings. The van der Waals surface area contributed by atoms with Gasteiger partial charge in [-0.25, -0.2) is 0 Å². The zero-order valence-electron chi connectivity index (χ0n) is 14.3. The molecule has 1 saturated carbocycles. The van der Waals surface area contributed by atoms with Crippen molar-refractivity contribution in [3.05, 3.63) is 60.7 Å². The van der Waals surface area contributed by atoms with E-state index in [1.165, 1.54) is 43.5 Å². The van der Waals surface area contributed by atoms with E-state index in [4.69, 9.17) is 0 Å². The van der Waals surface area contributed by atoms with Gasteiger partial charge in [0.1, 0.15) is 0 Å². The van der Waals surface area contributed by atoms with Crippen LogP contribution in [-0.4, -0.2) is 30.9 Å². The first kappa shape index (κ1) is 15.5. The topological polar surface area (TPSA) is 9.72 Å². The lowest BCUT2D eigenvalue weighted by Gasteiger charge is -2.48. The Morgan fingerprint density at radius 2 is 1.08 bits per heavy atom. The minimum Gasteiger partial charge on any atom is -0.341 e. The molecule has 3 heteroatoms. The van der Waals surface area contributed by atoms with Gasteiger partial charge in [-0.1, -0.05) is 55.7 Å². The van der Waals surface area contributed by atoms with Gasteiger partial charge in [0.25, 0.3) is 0 Å². The monoisotopic (exact) mass is 321 g/mol. The number of benzene rings is 2. The summed E-state index contributed by atoms with van der Waals surface area (Å²) in [7, 11) is 0. The smallest absolute Gasteiger partial charge is 0.0928 e. The molecular weight excluding hydrogens is 294 g/mol. The molecule has 3 nitrogen and oxygen atoms in total. The third kappa shape index (κ3) is 3.41. The predicted molar refractivity (Wildman–Crippen MR) is 101 cm³/mol. The summed E-state index contributed by atoms with van der Waals surface area (Å²) in [6.45, 7) is 3.03. The van der Waals surface area contributed by atoms with Crippen molar-refractivity contribution >= 4 is 11.4 Å². The molecule has 1 saturated heterocycles. The van der Waals surface area contributed by atoms with Gasteiger partial charge in [0.05, 0.1) is 20.0 Å². The molecule has 0 atom stereocenters. The minimum atomic E-state index is 0.733. The fourth-order valence-corrected chi connectivity index (χ4v) is 4.06. The van der Waals surface area contributed by atoms with E-state index in [2.05, 4.69) is 75.4 Å². The highest BCUT2D eigenvalue weighted by atomic mass is 15.5. The lowest BCUT2D eigenvalue weighted by Crippen LogP contribution is -2.58. The van der Waals surface area contributed by atoms with Crippen LogP contribution >= 0.6 is 0 Å². The van der Waals surface area contributed by atoms with E-state index in [1.54, 1.807) is 0 Å². The quantitative estimate of drug-likeness (QED) is 0.823. The van der Waals surface area contributed by atoms with Gasteiger partial charge < -0.3 is 9.80 Å². The minimum absolute atomic E-state index is 0.733. The zero-order chi connectivity index (χ0) is 16.2. The van der Waals surface area contributed by atoms with Gasteiger partial charge in [-0.3, -0.25) is 4.90 Å². The molecule has 0 aromatic heterocycles. The molecule has 0 radical (unpaired) electrons. The summed E-state index contributed by atoms with van der Waals surface area (Å²) in [6, 6.07) is 22.4. The molecule has 0 amide bonds. The summed E-state index contributed by atoms with van der Waals surface area (Å²) >= 11 is 0. The molecule has 1 aliphatic heterocycles. The lowest BCUT2D eigenvalue weighted by molar-refractivity contribution is 0.139. The maximum Gasteiger partial charge on any atom is 0.0928 e. The average molecular weight is 321 g/mol. The zero-order valence-corrected chi connectivity index (χ0v) is 14.3. The number of hydrogen-bond donors (Lipinski definition) is 0. The maximum atomic E-state index is 2.68. The number of rotatable bonds is 3. The molecule has 1 heterocycles. The van der Waals surface area contributed by atoms with E-state index >= 15 is 0 Å². The van der Waals surface area contributed by atoms with E-state index < -0.39 is 0 Å². The number of para-hydroxylation sites is 2. The summed E-state index contributed by atoms with van der Waals surface area (Å²) in [5.74, 6) is 0. The van der Waals surface area contributed by atoms with Gasteiger partial charge in [-0.05, 0) is 37.1 Å². The number of nitrogens with zero attached hydrogens (tertiary/aromatic N) is 3. The predicted octanol–water partition coefficient (Wildman–Crippen LogP) is 4.52. The number of hydrogen-bond acceptors (Lipinski definition) is 3. The van der Waals surface area contributed by atoms with Crippen LogP contribution in [0, 0.1) is 0 Å². The highest BCUT2D eigenvalue weighted by Crippen LogP contribution is 2.28. The molecule has 4 rings (SSSR count). The molecule has 0 spiro atoms. The van der Waals surface area contributed by atoms with Crippen LogP contribution in [0.1, 0.15) is 32.1 Å². The lowest BCUT2D eigenvalue weighted by atomic mass is 9.94. The van der Waals surface area contributed by atoms with Gasteiger partial charge >= 0.3 is 0 Å².